The van der Waals surface area contributed by atoms with Crippen molar-refractivity contribution in [1.29, 1.82) is 0 Å². The van der Waals surface area contributed by atoms with E-state index in [0.29, 0.717) is 6.54 Å². The van der Waals surface area contributed by atoms with Gasteiger partial charge in [-0.05, 0) is 12.0 Å². The minimum absolute atomic E-state index is 0.0557. The largest absolute Gasteiger partial charge is 0.338 e. The SMILES string of the molecule is O=C(NCCc1ccccc1)N1CCN(CCn2ccnc2)CC1. The standard InChI is InChI=1S/C18H25N5O/c24-18(20-7-6-17-4-2-1-3-5-17)23-14-12-21(13-15-23)10-11-22-9-8-19-16-22/h1-5,8-9,16H,6-7,10-15H2,(H,20,24). The van der Waals surface area contributed by atoms with Crippen molar-refractivity contribution in [2.75, 3.05) is 39.3 Å². The molecule has 1 aliphatic rings. The zero-order valence-corrected chi connectivity index (χ0v) is 14.0. The lowest BCUT2D eigenvalue weighted by atomic mass is 10.1. The van der Waals surface area contributed by atoms with Gasteiger partial charge in [-0.1, -0.05) is 30.3 Å². The van der Waals surface area contributed by atoms with Crippen molar-refractivity contribution in [1.82, 2.24) is 24.7 Å². The van der Waals surface area contributed by atoms with Crippen LogP contribution in [0.25, 0.3) is 0 Å². The second-order valence-corrected chi connectivity index (χ2v) is 6.10. The fourth-order valence-electron chi connectivity index (χ4n) is 2.92. The van der Waals surface area contributed by atoms with E-state index in [-0.39, 0.29) is 6.03 Å². The first-order chi connectivity index (χ1) is 11.8. The smallest absolute Gasteiger partial charge is 0.317 e. The van der Waals surface area contributed by atoms with Gasteiger partial charge in [-0.2, -0.15) is 0 Å². The van der Waals surface area contributed by atoms with Crippen LogP contribution in [0.1, 0.15) is 5.56 Å². The van der Waals surface area contributed by atoms with Crippen LogP contribution in [0.3, 0.4) is 0 Å². The van der Waals surface area contributed by atoms with Gasteiger partial charge in [-0.3, -0.25) is 4.90 Å². The second kappa shape index (κ2) is 8.49. The lowest BCUT2D eigenvalue weighted by Crippen LogP contribution is -2.52. The molecule has 2 aromatic rings. The molecule has 0 unspecified atom stereocenters. The van der Waals surface area contributed by atoms with Crippen LogP contribution in [-0.4, -0.2) is 64.7 Å². The second-order valence-electron chi connectivity index (χ2n) is 6.10. The average Bonchev–Trinajstić information content (AvgIpc) is 3.15. The van der Waals surface area contributed by atoms with Gasteiger partial charge in [0.1, 0.15) is 0 Å². The van der Waals surface area contributed by atoms with Crippen LogP contribution < -0.4 is 5.32 Å². The molecule has 0 atom stereocenters. The molecule has 1 aliphatic heterocycles. The molecule has 0 bridgehead atoms. The minimum atomic E-state index is 0.0557. The van der Waals surface area contributed by atoms with Crippen LogP contribution in [0.2, 0.25) is 0 Å². The summed E-state index contributed by atoms with van der Waals surface area (Å²) in [5.41, 5.74) is 1.25. The molecule has 1 fully saturated rings. The zero-order chi connectivity index (χ0) is 16.6. The monoisotopic (exact) mass is 327 g/mol. The number of aromatic nitrogens is 2. The number of hydrogen-bond acceptors (Lipinski definition) is 3. The van der Waals surface area contributed by atoms with Gasteiger partial charge < -0.3 is 14.8 Å². The predicted octanol–water partition coefficient (Wildman–Crippen LogP) is 1.45. The van der Waals surface area contributed by atoms with Gasteiger partial charge in [0.05, 0.1) is 6.33 Å². The number of amides is 2. The third kappa shape index (κ3) is 4.83. The van der Waals surface area contributed by atoms with Crippen LogP contribution in [0.4, 0.5) is 4.79 Å². The van der Waals surface area contributed by atoms with E-state index in [1.54, 1.807) is 6.20 Å². The van der Waals surface area contributed by atoms with Crippen LogP contribution in [0, 0.1) is 0 Å². The van der Waals surface area contributed by atoms with Crippen molar-refractivity contribution < 1.29 is 4.79 Å². The Balaban J connectivity index is 1.33. The Hall–Kier alpha value is -2.34. The molecule has 6 nitrogen and oxygen atoms in total. The van der Waals surface area contributed by atoms with Crippen molar-refractivity contribution in [3.05, 3.63) is 54.6 Å². The first kappa shape index (κ1) is 16.5. The number of hydrogen-bond donors (Lipinski definition) is 1. The molecule has 0 saturated carbocycles. The lowest BCUT2D eigenvalue weighted by Gasteiger charge is -2.34. The highest BCUT2D eigenvalue weighted by Gasteiger charge is 2.20. The van der Waals surface area contributed by atoms with E-state index >= 15 is 0 Å². The van der Waals surface area contributed by atoms with Gasteiger partial charge in [0.2, 0.25) is 0 Å². The summed E-state index contributed by atoms with van der Waals surface area (Å²) >= 11 is 0. The summed E-state index contributed by atoms with van der Waals surface area (Å²) in [6.07, 6.45) is 6.50. The minimum Gasteiger partial charge on any atom is -0.338 e. The molecule has 1 aromatic carbocycles. The Kier molecular flexibility index (Phi) is 5.85. The number of nitrogens with one attached hydrogen (secondary N) is 1. The van der Waals surface area contributed by atoms with Crippen molar-refractivity contribution in [2.45, 2.75) is 13.0 Å². The van der Waals surface area contributed by atoms with Crippen LogP contribution in [-0.2, 0) is 13.0 Å². The third-order valence-corrected chi connectivity index (χ3v) is 4.43. The maximum Gasteiger partial charge on any atom is 0.317 e. The van der Waals surface area contributed by atoms with Gasteiger partial charge >= 0.3 is 6.03 Å². The van der Waals surface area contributed by atoms with Gasteiger partial charge in [-0.15, -0.1) is 0 Å². The highest BCUT2D eigenvalue weighted by molar-refractivity contribution is 5.74. The van der Waals surface area contributed by atoms with E-state index in [1.807, 2.05) is 35.6 Å². The zero-order valence-electron chi connectivity index (χ0n) is 14.0. The van der Waals surface area contributed by atoms with Crippen LogP contribution in [0.15, 0.2) is 49.1 Å². The number of urea groups is 1. The number of carbonyl (C=O) groups excluding carboxylic acids is 1. The maximum absolute atomic E-state index is 12.2. The number of rotatable bonds is 6. The Bertz CT molecular complexity index is 606. The first-order valence-corrected chi connectivity index (χ1v) is 8.56. The van der Waals surface area contributed by atoms with E-state index in [0.717, 1.165) is 45.7 Å². The first-order valence-electron chi connectivity index (χ1n) is 8.56. The fraction of sp³-hybridized carbons (Fsp3) is 0.444. The van der Waals surface area contributed by atoms with E-state index in [1.165, 1.54) is 5.56 Å². The Morgan fingerprint density at radius 2 is 1.88 bits per heavy atom. The van der Waals surface area contributed by atoms with Crippen LogP contribution in [0.5, 0.6) is 0 Å². The maximum atomic E-state index is 12.2. The van der Waals surface area contributed by atoms with E-state index in [2.05, 4.69) is 31.9 Å². The highest BCUT2D eigenvalue weighted by atomic mass is 16.2. The summed E-state index contributed by atoms with van der Waals surface area (Å²) in [6.45, 7) is 6.08. The summed E-state index contributed by atoms with van der Waals surface area (Å²) in [6, 6.07) is 10.3. The summed E-state index contributed by atoms with van der Waals surface area (Å²) in [4.78, 5) is 20.6. The van der Waals surface area contributed by atoms with Crippen molar-refractivity contribution in [3.63, 3.8) is 0 Å². The molecule has 6 heteroatoms. The Morgan fingerprint density at radius 1 is 1.08 bits per heavy atom. The molecule has 1 aromatic heterocycles. The molecule has 1 N–H and O–H groups in total. The van der Waals surface area contributed by atoms with Crippen molar-refractivity contribution in [2.24, 2.45) is 0 Å². The number of piperazine rings is 1. The summed E-state index contributed by atoms with van der Waals surface area (Å²) < 4.78 is 2.09. The molecular formula is C18H25N5O. The molecule has 0 spiro atoms. The number of imidazole rings is 1. The Labute approximate surface area is 143 Å². The summed E-state index contributed by atoms with van der Waals surface area (Å²) in [5, 5.41) is 3.03. The number of carbonyl (C=O) groups is 1. The summed E-state index contributed by atoms with van der Waals surface area (Å²) in [7, 11) is 0. The topological polar surface area (TPSA) is 53.4 Å². The van der Waals surface area contributed by atoms with E-state index in [9.17, 15) is 4.79 Å². The van der Waals surface area contributed by atoms with Gasteiger partial charge in [0, 0.05) is 58.2 Å². The molecule has 24 heavy (non-hydrogen) atoms. The molecule has 128 valence electrons. The molecule has 0 aliphatic carbocycles. The summed E-state index contributed by atoms with van der Waals surface area (Å²) in [5.74, 6) is 0. The molecule has 3 rings (SSSR count). The average molecular weight is 327 g/mol. The predicted molar refractivity (Wildman–Crippen MR) is 93.8 cm³/mol. The molecule has 2 heterocycles. The van der Waals surface area contributed by atoms with Gasteiger partial charge in [0.15, 0.2) is 0 Å². The molecule has 1 saturated heterocycles. The third-order valence-electron chi connectivity index (χ3n) is 4.43. The van der Waals surface area contributed by atoms with E-state index in [4.69, 9.17) is 0 Å². The van der Waals surface area contributed by atoms with E-state index < -0.39 is 0 Å². The fourth-order valence-corrected chi connectivity index (χ4v) is 2.92. The normalized spacial score (nSPS) is 15.4. The quantitative estimate of drug-likeness (QED) is 0.874. The van der Waals surface area contributed by atoms with Crippen LogP contribution >= 0.6 is 0 Å². The molecule has 2 amide bonds. The lowest BCUT2D eigenvalue weighted by molar-refractivity contribution is 0.137. The highest BCUT2D eigenvalue weighted by Crippen LogP contribution is 2.03. The number of benzene rings is 1. The number of nitrogens with zero attached hydrogens (tertiary/aromatic N) is 4. The van der Waals surface area contributed by atoms with Crippen molar-refractivity contribution in [3.8, 4) is 0 Å². The Morgan fingerprint density at radius 3 is 2.58 bits per heavy atom. The van der Waals surface area contributed by atoms with Crippen molar-refractivity contribution >= 4 is 6.03 Å². The van der Waals surface area contributed by atoms with Gasteiger partial charge in [-0.25, -0.2) is 9.78 Å². The van der Waals surface area contributed by atoms with Gasteiger partial charge in [0.25, 0.3) is 0 Å². The molecular weight excluding hydrogens is 302 g/mol. The molecule has 0 radical (unpaired) electrons.